The highest BCUT2D eigenvalue weighted by Crippen LogP contribution is 2.29. The van der Waals surface area contributed by atoms with Gasteiger partial charge >= 0.3 is 0 Å². The molecule has 0 unspecified atom stereocenters. The molecule has 2 rings (SSSR count). The molecule has 0 fully saturated rings. The summed E-state index contributed by atoms with van der Waals surface area (Å²) in [6.45, 7) is 12.5. The predicted octanol–water partition coefficient (Wildman–Crippen LogP) is 4.21. The summed E-state index contributed by atoms with van der Waals surface area (Å²) >= 11 is 0. The van der Waals surface area contributed by atoms with Crippen molar-refractivity contribution in [2.24, 2.45) is 0 Å². The summed E-state index contributed by atoms with van der Waals surface area (Å²) in [5.41, 5.74) is 0.999. The van der Waals surface area contributed by atoms with E-state index in [-0.39, 0.29) is 16.9 Å². The number of hydrogen-bond acceptors (Lipinski definition) is 4. The molecule has 26 heavy (non-hydrogen) atoms. The van der Waals surface area contributed by atoms with Crippen molar-refractivity contribution in [1.29, 1.82) is 0 Å². The van der Waals surface area contributed by atoms with E-state index in [0.717, 1.165) is 5.69 Å². The van der Waals surface area contributed by atoms with E-state index in [1.54, 1.807) is 32.4 Å². The number of aromatic nitrogens is 2. The lowest BCUT2D eigenvalue weighted by molar-refractivity contribution is 0.102. The first-order valence-electron chi connectivity index (χ1n) is 8.61. The molecule has 6 heteroatoms. The lowest BCUT2D eigenvalue weighted by Gasteiger charge is -2.23. The maximum absolute atomic E-state index is 12.8. The highest BCUT2D eigenvalue weighted by Gasteiger charge is 2.26. The maximum atomic E-state index is 12.8. The van der Waals surface area contributed by atoms with Crippen LogP contribution in [0.25, 0.3) is 0 Å². The van der Waals surface area contributed by atoms with Gasteiger partial charge in [0.1, 0.15) is 17.3 Å². The Kier molecular flexibility index (Phi) is 5.35. The van der Waals surface area contributed by atoms with Gasteiger partial charge in [0, 0.05) is 23.1 Å². The first-order valence-corrected chi connectivity index (χ1v) is 8.61. The van der Waals surface area contributed by atoms with Crippen molar-refractivity contribution in [3.05, 3.63) is 35.5 Å². The van der Waals surface area contributed by atoms with Crippen LogP contribution in [0, 0.1) is 0 Å². The quantitative estimate of drug-likeness (QED) is 0.888. The molecule has 142 valence electrons. The van der Waals surface area contributed by atoms with Crippen LogP contribution < -0.4 is 14.8 Å². The molecule has 0 atom stereocenters. The minimum atomic E-state index is -0.266. The molecule has 0 aliphatic rings. The number of nitrogens with zero attached hydrogens (tertiary/aromatic N) is 2. The van der Waals surface area contributed by atoms with E-state index in [2.05, 4.69) is 46.9 Å². The number of carbonyl (C=O) groups is 1. The second-order valence-corrected chi connectivity index (χ2v) is 8.30. The smallest absolute Gasteiger partial charge is 0.257 e. The van der Waals surface area contributed by atoms with Gasteiger partial charge in [0.05, 0.1) is 25.5 Å². The maximum Gasteiger partial charge on any atom is 0.257 e. The van der Waals surface area contributed by atoms with E-state index >= 15 is 0 Å². The van der Waals surface area contributed by atoms with Gasteiger partial charge in [0.15, 0.2) is 0 Å². The molecule has 0 spiro atoms. The standard InChI is InChI=1S/C20H29N3O3/c1-19(2,3)16-12-17(23(22-16)20(4,5)6)21-18(24)13-9-14(25-7)11-15(10-13)26-8/h9-12H,1-8H3,(H,21,24). The summed E-state index contributed by atoms with van der Waals surface area (Å²) < 4.78 is 12.3. The van der Waals surface area contributed by atoms with Crippen molar-refractivity contribution >= 4 is 11.7 Å². The van der Waals surface area contributed by atoms with Crippen molar-refractivity contribution in [1.82, 2.24) is 9.78 Å². The summed E-state index contributed by atoms with van der Waals surface area (Å²) in [4.78, 5) is 12.8. The fourth-order valence-corrected chi connectivity index (χ4v) is 2.48. The van der Waals surface area contributed by atoms with Gasteiger partial charge in [0.25, 0.3) is 5.91 Å². The van der Waals surface area contributed by atoms with Gasteiger partial charge < -0.3 is 14.8 Å². The topological polar surface area (TPSA) is 65.4 Å². The zero-order chi connectivity index (χ0) is 19.7. The number of carbonyl (C=O) groups excluding carboxylic acids is 1. The molecule has 0 saturated heterocycles. The van der Waals surface area contributed by atoms with E-state index in [1.807, 2.05) is 10.7 Å². The Morgan fingerprint density at radius 3 is 1.92 bits per heavy atom. The molecule has 2 aromatic rings. The normalized spacial score (nSPS) is 12.0. The Balaban J connectivity index is 2.41. The van der Waals surface area contributed by atoms with Gasteiger partial charge in [-0.2, -0.15) is 5.10 Å². The van der Waals surface area contributed by atoms with Gasteiger partial charge in [0.2, 0.25) is 0 Å². The lowest BCUT2D eigenvalue weighted by Crippen LogP contribution is -2.27. The summed E-state index contributed by atoms with van der Waals surface area (Å²) in [5.74, 6) is 1.55. The number of anilines is 1. The van der Waals surface area contributed by atoms with E-state index in [4.69, 9.17) is 14.6 Å². The van der Waals surface area contributed by atoms with E-state index in [9.17, 15) is 4.79 Å². The Bertz CT molecular complexity index is 773. The van der Waals surface area contributed by atoms with Crippen LogP contribution >= 0.6 is 0 Å². The van der Waals surface area contributed by atoms with Crippen LogP contribution in [-0.2, 0) is 11.0 Å². The largest absolute Gasteiger partial charge is 0.497 e. The first-order chi connectivity index (χ1) is 12.0. The Hall–Kier alpha value is -2.50. The highest BCUT2D eigenvalue weighted by atomic mass is 16.5. The number of hydrogen-bond donors (Lipinski definition) is 1. The van der Waals surface area contributed by atoms with Crippen LogP contribution in [0.4, 0.5) is 5.82 Å². The third kappa shape index (κ3) is 4.36. The van der Waals surface area contributed by atoms with Crippen LogP contribution in [0.15, 0.2) is 24.3 Å². The second-order valence-electron chi connectivity index (χ2n) is 8.30. The minimum Gasteiger partial charge on any atom is -0.497 e. The number of rotatable bonds is 4. The molecular weight excluding hydrogens is 330 g/mol. The molecule has 0 radical (unpaired) electrons. The number of nitrogens with one attached hydrogen (secondary N) is 1. The zero-order valence-electron chi connectivity index (χ0n) is 16.9. The molecule has 1 aromatic carbocycles. The van der Waals surface area contributed by atoms with Crippen molar-refractivity contribution in [2.45, 2.75) is 52.5 Å². The van der Waals surface area contributed by atoms with Crippen LogP contribution in [0.1, 0.15) is 57.6 Å². The summed E-state index contributed by atoms with van der Waals surface area (Å²) in [7, 11) is 3.11. The number of ether oxygens (including phenoxy) is 2. The molecule has 0 aliphatic heterocycles. The molecule has 1 heterocycles. The molecular formula is C20H29N3O3. The summed E-state index contributed by atoms with van der Waals surface area (Å²) in [6.07, 6.45) is 0. The Labute approximate surface area is 155 Å². The van der Waals surface area contributed by atoms with E-state index in [1.165, 1.54) is 0 Å². The highest BCUT2D eigenvalue weighted by molar-refractivity contribution is 6.04. The monoisotopic (exact) mass is 359 g/mol. The molecule has 0 aliphatic carbocycles. The Morgan fingerprint density at radius 2 is 1.50 bits per heavy atom. The van der Waals surface area contributed by atoms with Crippen molar-refractivity contribution < 1.29 is 14.3 Å². The first kappa shape index (κ1) is 19.8. The minimum absolute atomic E-state index is 0.116. The molecule has 6 nitrogen and oxygen atoms in total. The molecule has 0 saturated carbocycles. The van der Waals surface area contributed by atoms with Gasteiger partial charge in [-0.15, -0.1) is 0 Å². The third-order valence-electron chi connectivity index (χ3n) is 3.97. The molecule has 1 amide bonds. The van der Waals surface area contributed by atoms with Crippen molar-refractivity contribution in [3.8, 4) is 11.5 Å². The van der Waals surface area contributed by atoms with E-state index < -0.39 is 0 Å². The van der Waals surface area contributed by atoms with Crippen LogP contribution in [0.2, 0.25) is 0 Å². The molecule has 0 bridgehead atoms. The van der Waals surface area contributed by atoms with Crippen LogP contribution in [-0.4, -0.2) is 29.9 Å². The van der Waals surface area contributed by atoms with Gasteiger partial charge in [-0.1, -0.05) is 20.8 Å². The van der Waals surface area contributed by atoms with Gasteiger partial charge in [-0.05, 0) is 32.9 Å². The fourth-order valence-electron chi connectivity index (χ4n) is 2.48. The average molecular weight is 359 g/mol. The average Bonchev–Trinajstić information content (AvgIpc) is 2.98. The van der Waals surface area contributed by atoms with Crippen LogP contribution in [0.5, 0.6) is 11.5 Å². The number of benzene rings is 1. The Morgan fingerprint density at radius 1 is 0.962 bits per heavy atom. The number of amides is 1. The lowest BCUT2D eigenvalue weighted by atomic mass is 9.92. The van der Waals surface area contributed by atoms with Crippen LogP contribution in [0.3, 0.4) is 0 Å². The predicted molar refractivity (Wildman–Crippen MR) is 103 cm³/mol. The van der Waals surface area contributed by atoms with Crippen molar-refractivity contribution in [2.75, 3.05) is 19.5 Å². The van der Waals surface area contributed by atoms with Gasteiger partial charge in [-0.25, -0.2) is 4.68 Å². The summed E-state index contributed by atoms with van der Waals surface area (Å²) in [6, 6.07) is 7.02. The molecule has 1 aromatic heterocycles. The third-order valence-corrected chi connectivity index (χ3v) is 3.97. The van der Waals surface area contributed by atoms with Crippen molar-refractivity contribution in [3.63, 3.8) is 0 Å². The molecule has 1 N–H and O–H groups in total. The SMILES string of the molecule is COc1cc(OC)cc(C(=O)Nc2cc(C(C)(C)C)nn2C(C)(C)C)c1. The second kappa shape index (κ2) is 7.02. The van der Waals surface area contributed by atoms with Gasteiger partial charge in [-0.3, -0.25) is 4.79 Å². The summed E-state index contributed by atoms with van der Waals surface area (Å²) in [5, 5.41) is 7.70. The zero-order valence-corrected chi connectivity index (χ0v) is 16.9. The number of methoxy groups -OCH3 is 2. The fraction of sp³-hybridized carbons (Fsp3) is 0.500. The van der Waals surface area contributed by atoms with E-state index in [0.29, 0.717) is 22.9 Å².